The van der Waals surface area contributed by atoms with E-state index in [1.807, 2.05) is 24.3 Å². The molecule has 1 fully saturated rings. The summed E-state index contributed by atoms with van der Waals surface area (Å²) in [5.41, 5.74) is 1.56. The van der Waals surface area contributed by atoms with E-state index in [2.05, 4.69) is 10.3 Å². The van der Waals surface area contributed by atoms with Gasteiger partial charge in [0.05, 0.1) is 5.71 Å². The molecule has 0 radical (unpaired) electrons. The molecule has 0 spiro atoms. The summed E-state index contributed by atoms with van der Waals surface area (Å²) >= 11 is 0. The van der Waals surface area contributed by atoms with Crippen LogP contribution in [0.15, 0.2) is 52.7 Å². The molecule has 1 unspecified atom stereocenters. The topological polar surface area (TPSA) is 78.8 Å². The number of rotatable bonds is 1. The van der Waals surface area contributed by atoms with Gasteiger partial charge in [0.25, 0.3) is 11.8 Å². The fourth-order valence-corrected chi connectivity index (χ4v) is 2.21. The quantitative estimate of drug-likeness (QED) is 0.562. The van der Waals surface area contributed by atoms with Crippen LogP contribution < -0.4 is 5.32 Å². The number of hydrogen-bond acceptors (Lipinski definition) is 4. The smallest absolute Gasteiger partial charge is 0.273 e. The Morgan fingerprint density at radius 1 is 1.30 bits per heavy atom. The second-order valence-electron chi connectivity index (χ2n) is 4.59. The second kappa shape index (κ2) is 4.41. The lowest BCUT2D eigenvalue weighted by atomic mass is 9.91. The predicted molar refractivity (Wildman–Crippen MR) is 71.7 cm³/mol. The number of hydrogen-bond donors (Lipinski definition) is 1. The molecule has 1 atom stereocenters. The molecule has 0 aromatic carbocycles. The van der Waals surface area contributed by atoms with E-state index in [0.717, 1.165) is 16.2 Å². The number of carbonyl (C=O) groups is 3. The highest BCUT2D eigenvalue weighted by molar-refractivity contribution is 6.29. The number of amides is 4. The van der Waals surface area contributed by atoms with E-state index in [0.29, 0.717) is 0 Å². The van der Waals surface area contributed by atoms with Gasteiger partial charge in [0.1, 0.15) is 5.57 Å². The minimum Gasteiger partial charge on any atom is -0.273 e. The number of imide groups is 2. The molecule has 2 aliphatic heterocycles. The maximum atomic E-state index is 12.0. The highest BCUT2D eigenvalue weighted by Gasteiger charge is 2.34. The normalized spacial score (nSPS) is 26.6. The number of nitrogens with zero attached hydrogens (tertiary/aromatic N) is 2. The zero-order chi connectivity index (χ0) is 14.3. The van der Waals surface area contributed by atoms with Crippen molar-refractivity contribution in [1.29, 1.82) is 0 Å². The molecule has 1 saturated heterocycles. The zero-order valence-electron chi connectivity index (χ0n) is 10.7. The molecule has 0 aromatic heterocycles. The van der Waals surface area contributed by atoms with E-state index < -0.39 is 17.8 Å². The van der Waals surface area contributed by atoms with Crippen LogP contribution in [0.1, 0.15) is 0 Å². The second-order valence-corrected chi connectivity index (χ2v) is 4.59. The van der Waals surface area contributed by atoms with Crippen LogP contribution >= 0.6 is 0 Å². The number of likely N-dealkylation sites (N-methyl/N-ethyl adjacent to an activating group) is 1. The molecule has 6 heteroatoms. The molecule has 1 N–H and O–H groups in total. The molecule has 0 bridgehead atoms. The highest BCUT2D eigenvalue weighted by Crippen LogP contribution is 2.27. The van der Waals surface area contributed by atoms with Gasteiger partial charge in [-0.3, -0.25) is 24.8 Å². The lowest BCUT2D eigenvalue weighted by Crippen LogP contribution is -2.52. The molecule has 1 aliphatic carbocycles. The Morgan fingerprint density at radius 3 is 2.90 bits per heavy atom. The van der Waals surface area contributed by atoms with E-state index >= 15 is 0 Å². The van der Waals surface area contributed by atoms with Crippen LogP contribution in [0.3, 0.4) is 0 Å². The van der Waals surface area contributed by atoms with Crippen molar-refractivity contribution in [3.63, 3.8) is 0 Å². The van der Waals surface area contributed by atoms with Crippen LogP contribution in [0, 0.1) is 5.92 Å². The van der Waals surface area contributed by atoms with Gasteiger partial charge < -0.3 is 0 Å². The number of nitrogens with one attached hydrogen (secondary N) is 1. The number of fused-ring (bicyclic) bond motifs is 1. The maximum absolute atomic E-state index is 12.0. The van der Waals surface area contributed by atoms with Crippen LogP contribution in [-0.2, 0) is 9.59 Å². The van der Waals surface area contributed by atoms with Gasteiger partial charge in [-0.05, 0) is 17.7 Å². The first-order valence-electron chi connectivity index (χ1n) is 6.05. The third kappa shape index (κ3) is 1.82. The fourth-order valence-electron chi connectivity index (χ4n) is 2.21. The Bertz CT molecular complexity index is 680. The molecule has 3 rings (SSSR count). The van der Waals surface area contributed by atoms with Crippen LogP contribution in [-0.4, -0.2) is 35.5 Å². The average molecular weight is 269 g/mol. The van der Waals surface area contributed by atoms with Gasteiger partial charge in [-0.1, -0.05) is 18.2 Å². The van der Waals surface area contributed by atoms with Crippen LogP contribution in [0.2, 0.25) is 0 Å². The number of urea groups is 1. The number of aliphatic imine (C=N–C) groups is 1. The maximum Gasteiger partial charge on any atom is 0.331 e. The van der Waals surface area contributed by atoms with Crippen molar-refractivity contribution in [1.82, 2.24) is 10.2 Å². The predicted octanol–water partition coefficient (Wildman–Crippen LogP) is 0.702. The number of carbonyl (C=O) groups excluding carboxylic acids is 3. The third-order valence-corrected chi connectivity index (χ3v) is 3.34. The van der Waals surface area contributed by atoms with Gasteiger partial charge in [-0.15, -0.1) is 0 Å². The summed E-state index contributed by atoms with van der Waals surface area (Å²) in [6.45, 7) is 0. The minimum atomic E-state index is -0.713. The van der Waals surface area contributed by atoms with Crippen molar-refractivity contribution in [3.8, 4) is 0 Å². The summed E-state index contributed by atoms with van der Waals surface area (Å²) in [6, 6.07) is -0.713. The molecule has 0 saturated carbocycles. The average Bonchev–Trinajstić information content (AvgIpc) is 2.84. The summed E-state index contributed by atoms with van der Waals surface area (Å²) < 4.78 is 0. The zero-order valence-corrected chi connectivity index (χ0v) is 10.7. The van der Waals surface area contributed by atoms with Crippen molar-refractivity contribution >= 4 is 23.6 Å². The summed E-state index contributed by atoms with van der Waals surface area (Å²) in [6.07, 6.45) is 10.7. The largest absolute Gasteiger partial charge is 0.331 e. The first-order chi connectivity index (χ1) is 9.58. The lowest BCUT2D eigenvalue weighted by Gasteiger charge is -2.22. The summed E-state index contributed by atoms with van der Waals surface area (Å²) in [5.74, 6) is -1.33. The Kier molecular flexibility index (Phi) is 2.71. The molecular weight excluding hydrogens is 258 g/mol. The van der Waals surface area contributed by atoms with E-state index in [4.69, 9.17) is 0 Å². The summed E-state index contributed by atoms with van der Waals surface area (Å²) in [5, 5.41) is 2.12. The van der Waals surface area contributed by atoms with Gasteiger partial charge in [0.15, 0.2) is 0 Å². The number of barbiturate groups is 1. The van der Waals surface area contributed by atoms with E-state index in [1.54, 1.807) is 6.20 Å². The lowest BCUT2D eigenvalue weighted by molar-refractivity contribution is -0.129. The molecule has 0 aromatic rings. The Balaban J connectivity index is 1.92. The third-order valence-electron chi connectivity index (χ3n) is 3.34. The van der Waals surface area contributed by atoms with Gasteiger partial charge in [-0.2, -0.15) is 0 Å². The first kappa shape index (κ1) is 12.3. The van der Waals surface area contributed by atoms with Crippen molar-refractivity contribution in [2.24, 2.45) is 10.9 Å². The van der Waals surface area contributed by atoms with E-state index in [1.165, 1.54) is 13.1 Å². The summed E-state index contributed by atoms with van der Waals surface area (Å²) in [7, 11) is 1.33. The van der Waals surface area contributed by atoms with Gasteiger partial charge in [-0.25, -0.2) is 4.79 Å². The van der Waals surface area contributed by atoms with Crippen molar-refractivity contribution in [2.45, 2.75) is 0 Å². The molecule has 2 heterocycles. The standard InChI is InChI=1S/C14H11N3O3/c1-17-13(19)10(12(18)16-14(17)20)6-8-7-15-11-5-3-2-4-9(8)11/h2-7,9H,1H3,(H,16,18,20). The molecule has 4 amide bonds. The Morgan fingerprint density at radius 2 is 2.10 bits per heavy atom. The van der Waals surface area contributed by atoms with Crippen LogP contribution in [0.25, 0.3) is 0 Å². The minimum absolute atomic E-state index is 0.0453. The van der Waals surface area contributed by atoms with Gasteiger partial charge >= 0.3 is 6.03 Å². The number of allylic oxidation sites excluding steroid dienone is 6. The van der Waals surface area contributed by atoms with Crippen LogP contribution in [0.5, 0.6) is 0 Å². The highest BCUT2D eigenvalue weighted by atomic mass is 16.2. The first-order valence-corrected chi connectivity index (χ1v) is 6.05. The molecule has 6 nitrogen and oxygen atoms in total. The van der Waals surface area contributed by atoms with Gasteiger partial charge in [0, 0.05) is 19.2 Å². The summed E-state index contributed by atoms with van der Waals surface area (Å²) in [4.78, 5) is 40.2. The van der Waals surface area contributed by atoms with Crippen molar-refractivity contribution in [2.75, 3.05) is 7.05 Å². The van der Waals surface area contributed by atoms with Crippen molar-refractivity contribution < 1.29 is 14.4 Å². The molecule has 20 heavy (non-hydrogen) atoms. The van der Waals surface area contributed by atoms with E-state index in [-0.39, 0.29) is 11.5 Å². The Labute approximate surface area is 114 Å². The monoisotopic (exact) mass is 269 g/mol. The fraction of sp³-hybridized carbons (Fsp3) is 0.143. The van der Waals surface area contributed by atoms with Gasteiger partial charge in [0.2, 0.25) is 0 Å². The van der Waals surface area contributed by atoms with Crippen molar-refractivity contribution in [3.05, 3.63) is 47.7 Å². The molecular formula is C14H11N3O3. The molecule has 3 aliphatic rings. The Hall–Kier alpha value is -2.76. The molecule has 100 valence electrons. The van der Waals surface area contributed by atoms with Crippen LogP contribution in [0.4, 0.5) is 4.79 Å². The van der Waals surface area contributed by atoms with E-state index in [9.17, 15) is 14.4 Å². The SMILES string of the molecule is CN1C(=O)NC(=O)C(=CC2=CN=C3C=CC=CC23)C1=O.